The zero-order chi connectivity index (χ0) is 20.0. The highest BCUT2D eigenvalue weighted by molar-refractivity contribution is 7.20. The van der Waals surface area contributed by atoms with Gasteiger partial charge in [-0.2, -0.15) is 10.2 Å². The number of aryl methyl sites for hydroxylation is 3. The van der Waals surface area contributed by atoms with Crippen LogP contribution >= 0.6 is 34.5 Å². The number of carbonyl (C=O) groups is 1. The van der Waals surface area contributed by atoms with Crippen molar-refractivity contribution in [3.8, 4) is 0 Å². The molecule has 0 fully saturated rings. The molecule has 0 spiro atoms. The van der Waals surface area contributed by atoms with Crippen LogP contribution in [0.4, 0.5) is 5.82 Å². The number of anilines is 1. The highest BCUT2D eigenvalue weighted by Gasteiger charge is 2.18. The molecule has 0 radical (unpaired) electrons. The summed E-state index contributed by atoms with van der Waals surface area (Å²) in [6.07, 6.45) is 0. The largest absolute Gasteiger partial charge is 0.306 e. The van der Waals surface area contributed by atoms with Crippen molar-refractivity contribution in [1.82, 2.24) is 19.6 Å². The second-order valence-corrected chi connectivity index (χ2v) is 8.43. The van der Waals surface area contributed by atoms with Crippen molar-refractivity contribution in [3.05, 3.63) is 62.2 Å². The molecule has 28 heavy (non-hydrogen) atoms. The summed E-state index contributed by atoms with van der Waals surface area (Å²) in [5.74, 6) is 0.492. The molecule has 0 bridgehead atoms. The van der Waals surface area contributed by atoms with Crippen LogP contribution in [0.25, 0.3) is 10.2 Å². The zero-order valence-electron chi connectivity index (χ0n) is 15.5. The van der Waals surface area contributed by atoms with Crippen LogP contribution < -0.4 is 5.32 Å². The number of carbonyl (C=O) groups excluding carboxylic acids is 1. The van der Waals surface area contributed by atoms with Gasteiger partial charge in [0.05, 0.1) is 22.8 Å². The summed E-state index contributed by atoms with van der Waals surface area (Å²) in [4.78, 5) is 14.3. The van der Waals surface area contributed by atoms with Crippen molar-refractivity contribution in [3.63, 3.8) is 0 Å². The summed E-state index contributed by atoms with van der Waals surface area (Å²) in [6, 6.07) is 9.12. The Hall–Kier alpha value is -2.35. The van der Waals surface area contributed by atoms with Crippen LogP contribution in [-0.2, 0) is 13.6 Å². The number of amides is 1. The second kappa shape index (κ2) is 7.24. The molecule has 0 aliphatic carbocycles. The van der Waals surface area contributed by atoms with Crippen molar-refractivity contribution in [2.24, 2.45) is 7.05 Å². The number of hydrogen-bond acceptors (Lipinski definition) is 4. The minimum atomic E-state index is -0.167. The lowest BCUT2D eigenvalue weighted by Crippen LogP contribution is -2.13. The number of thiophene rings is 1. The molecule has 0 unspecified atom stereocenters. The highest BCUT2D eigenvalue weighted by atomic mass is 35.5. The van der Waals surface area contributed by atoms with Gasteiger partial charge < -0.3 is 5.32 Å². The Balaban J connectivity index is 1.65. The minimum Gasteiger partial charge on any atom is -0.306 e. The van der Waals surface area contributed by atoms with Gasteiger partial charge in [0, 0.05) is 28.5 Å². The van der Waals surface area contributed by atoms with Gasteiger partial charge in [0.2, 0.25) is 0 Å². The molecule has 9 heteroatoms. The second-order valence-electron chi connectivity index (χ2n) is 6.56. The molecule has 4 rings (SSSR count). The maximum Gasteiger partial charge on any atom is 0.266 e. The zero-order valence-corrected chi connectivity index (χ0v) is 17.8. The van der Waals surface area contributed by atoms with E-state index < -0.39 is 0 Å². The quantitative estimate of drug-likeness (QED) is 0.489. The van der Waals surface area contributed by atoms with Gasteiger partial charge in [-0.15, -0.1) is 11.3 Å². The minimum absolute atomic E-state index is 0.167. The van der Waals surface area contributed by atoms with Crippen molar-refractivity contribution < 1.29 is 4.79 Å². The van der Waals surface area contributed by atoms with E-state index in [2.05, 4.69) is 15.5 Å². The van der Waals surface area contributed by atoms with Crippen molar-refractivity contribution in [1.29, 1.82) is 0 Å². The van der Waals surface area contributed by atoms with Crippen molar-refractivity contribution >= 4 is 56.5 Å². The average molecular weight is 434 g/mol. The van der Waals surface area contributed by atoms with Crippen molar-refractivity contribution in [2.75, 3.05) is 5.32 Å². The SMILES string of the molecule is Cc1cc(NC(=O)c2cc3c(C)nn(Cc4ccc(Cl)cc4Cl)c3s2)n(C)n1. The number of halogens is 2. The third-order valence-electron chi connectivity index (χ3n) is 4.41. The Labute approximate surface area is 175 Å². The van der Waals surface area contributed by atoms with Crippen LogP contribution in [-0.4, -0.2) is 25.5 Å². The summed E-state index contributed by atoms with van der Waals surface area (Å²) in [5, 5.41) is 13.9. The standard InChI is InChI=1S/C19H17Cl2N5OS/c1-10-6-17(25(3)23-10)22-18(27)16-8-14-11(2)24-26(19(14)28-16)9-12-4-5-13(20)7-15(12)21/h4-8H,9H2,1-3H3,(H,22,27). The number of fused-ring (bicyclic) bond motifs is 1. The van der Waals surface area contributed by atoms with E-state index in [1.54, 1.807) is 23.9 Å². The first-order valence-corrected chi connectivity index (χ1v) is 10.1. The lowest BCUT2D eigenvalue weighted by atomic mass is 10.2. The number of nitrogens with zero attached hydrogens (tertiary/aromatic N) is 4. The molecule has 0 atom stereocenters. The van der Waals surface area contributed by atoms with Crippen LogP contribution in [0, 0.1) is 13.8 Å². The Morgan fingerprint density at radius 2 is 1.96 bits per heavy atom. The smallest absolute Gasteiger partial charge is 0.266 e. The molecule has 0 saturated heterocycles. The van der Waals surface area contributed by atoms with Gasteiger partial charge in [-0.3, -0.25) is 14.2 Å². The van der Waals surface area contributed by atoms with Crippen LogP contribution in [0.15, 0.2) is 30.3 Å². The van der Waals surface area contributed by atoms with Crippen LogP contribution in [0.5, 0.6) is 0 Å². The molecular weight excluding hydrogens is 417 g/mol. The lowest BCUT2D eigenvalue weighted by Gasteiger charge is -2.06. The van der Waals surface area contributed by atoms with Gasteiger partial charge in [-0.1, -0.05) is 29.3 Å². The van der Waals surface area contributed by atoms with Gasteiger partial charge >= 0.3 is 0 Å². The molecule has 1 N–H and O–H groups in total. The van der Waals surface area contributed by atoms with Gasteiger partial charge in [0.15, 0.2) is 0 Å². The molecule has 0 aliphatic heterocycles. The fourth-order valence-electron chi connectivity index (χ4n) is 3.05. The van der Waals surface area contributed by atoms with E-state index in [1.807, 2.05) is 36.7 Å². The molecule has 6 nitrogen and oxygen atoms in total. The number of aromatic nitrogens is 4. The van der Waals surface area contributed by atoms with E-state index in [0.717, 1.165) is 27.2 Å². The maximum atomic E-state index is 12.7. The average Bonchev–Trinajstić information content (AvgIpc) is 3.27. The van der Waals surface area contributed by atoms with Gasteiger partial charge in [0.1, 0.15) is 10.6 Å². The number of nitrogens with one attached hydrogen (secondary N) is 1. The number of rotatable bonds is 4. The summed E-state index contributed by atoms with van der Waals surface area (Å²) in [6.45, 7) is 4.32. The molecular formula is C19H17Cl2N5OS. The third-order valence-corrected chi connectivity index (χ3v) is 6.14. The Bertz CT molecular complexity index is 1210. The predicted molar refractivity (Wildman–Crippen MR) is 114 cm³/mol. The molecule has 3 aromatic heterocycles. The lowest BCUT2D eigenvalue weighted by molar-refractivity contribution is 0.102. The van der Waals surface area contributed by atoms with Crippen LogP contribution in [0.3, 0.4) is 0 Å². The van der Waals surface area contributed by atoms with Crippen molar-refractivity contribution in [2.45, 2.75) is 20.4 Å². The van der Waals surface area contributed by atoms with E-state index in [1.165, 1.54) is 11.3 Å². The third kappa shape index (κ3) is 3.53. The topological polar surface area (TPSA) is 64.7 Å². The predicted octanol–water partition coefficient (Wildman–Crippen LogP) is 5.06. The Morgan fingerprint density at radius 3 is 2.64 bits per heavy atom. The van der Waals surface area contributed by atoms with Gasteiger partial charge in [-0.05, 0) is 37.6 Å². The molecule has 1 aromatic carbocycles. The van der Waals surface area contributed by atoms with E-state index in [-0.39, 0.29) is 5.91 Å². The van der Waals surface area contributed by atoms with Gasteiger partial charge in [-0.25, -0.2) is 0 Å². The summed E-state index contributed by atoms with van der Waals surface area (Å²) in [5.41, 5.74) is 2.63. The maximum absolute atomic E-state index is 12.7. The number of hydrogen-bond donors (Lipinski definition) is 1. The fourth-order valence-corrected chi connectivity index (χ4v) is 4.57. The first kappa shape index (κ1) is 19.0. The van der Waals surface area contributed by atoms with Crippen LogP contribution in [0.2, 0.25) is 10.0 Å². The molecule has 4 aromatic rings. The van der Waals surface area contributed by atoms with E-state index in [9.17, 15) is 4.79 Å². The summed E-state index contributed by atoms with van der Waals surface area (Å²) in [7, 11) is 1.80. The van der Waals surface area contributed by atoms with E-state index in [4.69, 9.17) is 23.2 Å². The highest BCUT2D eigenvalue weighted by Crippen LogP contribution is 2.30. The van der Waals surface area contributed by atoms with Gasteiger partial charge in [0.25, 0.3) is 5.91 Å². The van der Waals surface area contributed by atoms with E-state index >= 15 is 0 Å². The van der Waals surface area contributed by atoms with E-state index in [0.29, 0.717) is 27.3 Å². The molecule has 0 aliphatic rings. The Kier molecular flexibility index (Phi) is 4.91. The molecule has 3 heterocycles. The summed E-state index contributed by atoms with van der Waals surface area (Å²) >= 11 is 13.7. The first-order chi connectivity index (χ1) is 13.3. The fraction of sp³-hybridized carbons (Fsp3) is 0.211. The Morgan fingerprint density at radius 1 is 1.18 bits per heavy atom. The monoisotopic (exact) mass is 433 g/mol. The normalized spacial score (nSPS) is 11.3. The van der Waals surface area contributed by atoms with Crippen LogP contribution in [0.1, 0.15) is 26.6 Å². The molecule has 1 amide bonds. The first-order valence-electron chi connectivity index (χ1n) is 8.54. The molecule has 0 saturated carbocycles. The number of benzene rings is 1. The summed E-state index contributed by atoms with van der Waals surface area (Å²) < 4.78 is 3.52. The molecule has 144 valence electrons.